The molecule has 2 N–H and O–H groups in total. The van der Waals surface area contributed by atoms with E-state index in [0.29, 0.717) is 6.42 Å². The van der Waals surface area contributed by atoms with Crippen LogP contribution in [0.3, 0.4) is 0 Å². The predicted molar refractivity (Wildman–Crippen MR) is 94.5 cm³/mol. The van der Waals surface area contributed by atoms with Gasteiger partial charge < -0.3 is 10.6 Å². The van der Waals surface area contributed by atoms with Gasteiger partial charge in [0.15, 0.2) is 5.13 Å². The number of anilines is 2. The monoisotopic (exact) mass is 317 g/mol. The van der Waals surface area contributed by atoms with E-state index in [1.54, 1.807) is 11.3 Å². The molecule has 2 aromatic rings. The summed E-state index contributed by atoms with van der Waals surface area (Å²) < 4.78 is 0. The van der Waals surface area contributed by atoms with Gasteiger partial charge in [0.1, 0.15) is 0 Å². The summed E-state index contributed by atoms with van der Waals surface area (Å²) in [7, 11) is 0. The van der Waals surface area contributed by atoms with Crippen molar-refractivity contribution in [3.05, 3.63) is 29.6 Å². The number of hydrogen-bond acceptors (Lipinski definition) is 4. The molecule has 0 radical (unpaired) electrons. The third-order valence-corrected chi connectivity index (χ3v) is 4.05. The molecular weight excluding hydrogens is 294 g/mol. The lowest BCUT2D eigenvalue weighted by Gasteiger charge is -2.05. The number of aromatic nitrogens is 1. The van der Waals surface area contributed by atoms with Crippen LogP contribution in [0.1, 0.15) is 39.5 Å². The Hall–Kier alpha value is -1.88. The van der Waals surface area contributed by atoms with Crippen molar-refractivity contribution in [1.82, 2.24) is 4.98 Å². The summed E-state index contributed by atoms with van der Waals surface area (Å²) in [4.78, 5) is 16.2. The topological polar surface area (TPSA) is 54.0 Å². The fourth-order valence-corrected chi connectivity index (χ4v) is 2.78. The van der Waals surface area contributed by atoms with Crippen molar-refractivity contribution in [2.24, 2.45) is 0 Å². The van der Waals surface area contributed by atoms with E-state index in [9.17, 15) is 4.79 Å². The van der Waals surface area contributed by atoms with Gasteiger partial charge in [-0.2, -0.15) is 0 Å². The normalized spacial score (nSPS) is 10.5. The summed E-state index contributed by atoms with van der Waals surface area (Å²) in [6.45, 7) is 5.14. The van der Waals surface area contributed by atoms with Crippen LogP contribution < -0.4 is 10.6 Å². The van der Waals surface area contributed by atoms with E-state index in [0.717, 1.165) is 41.5 Å². The van der Waals surface area contributed by atoms with Gasteiger partial charge in [0.2, 0.25) is 5.91 Å². The lowest BCUT2D eigenvalue weighted by molar-refractivity contribution is -0.116. The first-order valence-corrected chi connectivity index (χ1v) is 8.70. The van der Waals surface area contributed by atoms with Gasteiger partial charge in [-0.15, -0.1) is 11.3 Å². The van der Waals surface area contributed by atoms with Crippen LogP contribution in [0.2, 0.25) is 0 Å². The Morgan fingerprint density at radius 1 is 1.18 bits per heavy atom. The summed E-state index contributed by atoms with van der Waals surface area (Å²) in [5.74, 6) is 0.0614. The minimum absolute atomic E-state index is 0.0614. The summed E-state index contributed by atoms with van der Waals surface area (Å²) >= 11 is 1.62. The Kier molecular flexibility index (Phi) is 6.40. The first-order chi connectivity index (χ1) is 10.7. The Morgan fingerprint density at radius 2 is 1.95 bits per heavy atom. The van der Waals surface area contributed by atoms with Gasteiger partial charge in [0.25, 0.3) is 0 Å². The number of thiazole rings is 1. The Labute approximate surface area is 136 Å². The van der Waals surface area contributed by atoms with E-state index in [1.165, 1.54) is 6.42 Å². The minimum Gasteiger partial charge on any atom is -0.362 e. The lowest BCUT2D eigenvalue weighted by atomic mass is 10.1. The van der Waals surface area contributed by atoms with Crippen LogP contribution in [-0.2, 0) is 4.79 Å². The molecule has 22 heavy (non-hydrogen) atoms. The predicted octanol–water partition coefficient (Wildman–Crippen LogP) is 4.76. The standard InChI is InChI=1S/C17H23N3OS/c1-3-5-11-18-17-20-15(12-22-17)13-7-9-14(10-8-13)19-16(21)6-4-2/h7-10,12H,3-6,11H2,1-2H3,(H,18,20)(H,19,21). The van der Waals surface area contributed by atoms with Crippen LogP contribution >= 0.6 is 11.3 Å². The van der Waals surface area contributed by atoms with Crippen molar-refractivity contribution in [3.8, 4) is 11.3 Å². The Morgan fingerprint density at radius 3 is 2.64 bits per heavy atom. The van der Waals surface area contributed by atoms with Gasteiger partial charge in [-0.3, -0.25) is 4.79 Å². The molecule has 2 rings (SSSR count). The zero-order chi connectivity index (χ0) is 15.8. The molecule has 1 amide bonds. The Balaban J connectivity index is 1.96. The average molecular weight is 317 g/mol. The number of nitrogens with one attached hydrogen (secondary N) is 2. The van der Waals surface area contributed by atoms with E-state index >= 15 is 0 Å². The SMILES string of the molecule is CCCCNc1nc(-c2ccc(NC(=O)CCC)cc2)cs1. The molecular formula is C17H23N3OS. The van der Waals surface area contributed by atoms with Gasteiger partial charge in [0.05, 0.1) is 5.69 Å². The molecule has 1 aromatic carbocycles. The van der Waals surface area contributed by atoms with Crippen molar-refractivity contribution in [1.29, 1.82) is 0 Å². The van der Waals surface area contributed by atoms with E-state index in [1.807, 2.05) is 31.2 Å². The molecule has 0 bridgehead atoms. The lowest BCUT2D eigenvalue weighted by Crippen LogP contribution is -2.10. The van der Waals surface area contributed by atoms with Crippen LogP contribution in [0.15, 0.2) is 29.6 Å². The highest BCUT2D eigenvalue weighted by molar-refractivity contribution is 7.14. The highest BCUT2D eigenvalue weighted by Gasteiger charge is 2.05. The quantitative estimate of drug-likeness (QED) is 0.690. The van der Waals surface area contributed by atoms with E-state index in [-0.39, 0.29) is 5.91 Å². The van der Waals surface area contributed by atoms with Crippen LogP contribution in [0, 0.1) is 0 Å². The largest absolute Gasteiger partial charge is 0.362 e. The zero-order valence-corrected chi connectivity index (χ0v) is 14.0. The van der Waals surface area contributed by atoms with Crippen molar-refractivity contribution >= 4 is 28.1 Å². The fraction of sp³-hybridized carbons (Fsp3) is 0.412. The highest BCUT2D eigenvalue weighted by Crippen LogP contribution is 2.26. The first-order valence-electron chi connectivity index (χ1n) is 7.82. The maximum Gasteiger partial charge on any atom is 0.224 e. The number of unbranched alkanes of at least 4 members (excludes halogenated alkanes) is 1. The second kappa shape index (κ2) is 8.54. The van der Waals surface area contributed by atoms with Crippen molar-refractivity contribution in [3.63, 3.8) is 0 Å². The molecule has 1 aromatic heterocycles. The molecule has 0 aliphatic rings. The van der Waals surface area contributed by atoms with Crippen LogP contribution in [0.25, 0.3) is 11.3 Å². The zero-order valence-electron chi connectivity index (χ0n) is 13.2. The minimum atomic E-state index is 0.0614. The van der Waals surface area contributed by atoms with Gasteiger partial charge in [-0.05, 0) is 25.0 Å². The van der Waals surface area contributed by atoms with Gasteiger partial charge in [-0.1, -0.05) is 32.4 Å². The molecule has 4 nitrogen and oxygen atoms in total. The van der Waals surface area contributed by atoms with E-state index in [2.05, 4.69) is 27.9 Å². The number of rotatable bonds is 8. The summed E-state index contributed by atoms with van der Waals surface area (Å²) in [5.41, 5.74) is 2.86. The van der Waals surface area contributed by atoms with Gasteiger partial charge in [0, 0.05) is 29.6 Å². The maximum atomic E-state index is 11.6. The second-order valence-corrected chi connectivity index (χ2v) is 6.05. The van der Waals surface area contributed by atoms with Crippen LogP contribution in [0.4, 0.5) is 10.8 Å². The molecule has 0 saturated carbocycles. The Bertz CT molecular complexity index is 592. The molecule has 1 heterocycles. The third-order valence-electron chi connectivity index (χ3n) is 3.25. The molecule has 118 valence electrons. The highest BCUT2D eigenvalue weighted by atomic mass is 32.1. The first kappa shape index (κ1) is 16.5. The maximum absolute atomic E-state index is 11.6. The smallest absolute Gasteiger partial charge is 0.224 e. The number of nitrogens with zero attached hydrogens (tertiary/aromatic N) is 1. The van der Waals surface area contributed by atoms with Gasteiger partial charge >= 0.3 is 0 Å². The van der Waals surface area contributed by atoms with E-state index < -0.39 is 0 Å². The molecule has 0 aliphatic heterocycles. The van der Waals surface area contributed by atoms with Crippen molar-refractivity contribution in [2.45, 2.75) is 39.5 Å². The summed E-state index contributed by atoms with van der Waals surface area (Å²) in [6.07, 6.45) is 3.74. The third kappa shape index (κ3) is 4.84. The van der Waals surface area contributed by atoms with E-state index in [4.69, 9.17) is 0 Å². The molecule has 0 aliphatic carbocycles. The molecule has 0 fully saturated rings. The van der Waals surface area contributed by atoms with Crippen molar-refractivity contribution in [2.75, 3.05) is 17.2 Å². The number of benzene rings is 1. The molecule has 0 spiro atoms. The molecule has 0 saturated heterocycles. The molecule has 0 atom stereocenters. The van der Waals surface area contributed by atoms with Crippen LogP contribution in [0.5, 0.6) is 0 Å². The summed E-state index contributed by atoms with van der Waals surface area (Å²) in [5, 5.41) is 9.25. The number of carbonyl (C=O) groups excluding carboxylic acids is 1. The molecule has 0 unspecified atom stereocenters. The number of carbonyl (C=O) groups is 1. The molecule has 5 heteroatoms. The number of amides is 1. The summed E-state index contributed by atoms with van der Waals surface area (Å²) in [6, 6.07) is 7.83. The number of hydrogen-bond donors (Lipinski definition) is 2. The average Bonchev–Trinajstić information content (AvgIpc) is 2.97. The van der Waals surface area contributed by atoms with Crippen LogP contribution in [-0.4, -0.2) is 17.4 Å². The second-order valence-electron chi connectivity index (χ2n) is 5.19. The van der Waals surface area contributed by atoms with Crippen molar-refractivity contribution < 1.29 is 4.79 Å². The van der Waals surface area contributed by atoms with Gasteiger partial charge in [-0.25, -0.2) is 4.98 Å². The fourth-order valence-electron chi connectivity index (χ4n) is 2.03.